The Kier molecular flexibility index (Phi) is 5.26. The van der Waals surface area contributed by atoms with Crippen molar-refractivity contribution in [1.82, 2.24) is 0 Å². The maximum Gasteiger partial charge on any atom is 0.521 e. The Bertz CT molecular complexity index is 1080. The molecule has 0 aliphatic heterocycles. The van der Waals surface area contributed by atoms with Crippen LogP contribution in [-0.4, -0.2) is 32.1 Å². The molecule has 0 saturated heterocycles. The minimum Gasteiger partial charge on any atom is -0.395 e. The van der Waals surface area contributed by atoms with Crippen molar-refractivity contribution in [2.45, 2.75) is 0 Å². The average molecular weight is 377 g/mol. The number of esters is 1. The fourth-order valence-corrected chi connectivity index (χ4v) is 2.62. The molecule has 0 aliphatic rings. The zero-order valence-electron chi connectivity index (χ0n) is 15.4. The number of carbonyl (C=O) groups excluding carboxylic acids is 2. The SMILES string of the molecule is CN(C)c1cccc(C(=O)OC(=O)Oc2ccc3cc(C(=N)N)ccc3c2)c1. The molecular weight excluding hydrogens is 358 g/mol. The van der Waals surface area contributed by atoms with Crippen LogP contribution in [0, 0.1) is 5.41 Å². The number of rotatable bonds is 4. The van der Waals surface area contributed by atoms with Gasteiger partial charge in [-0.3, -0.25) is 5.41 Å². The highest BCUT2D eigenvalue weighted by Crippen LogP contribution is 2.22. The summed E-state index contributed by atoms with van der Waals surface area (Å²) < 4.78 is 9.89. The van der Waals surface area contributed by atoms with Crippen molar-refractivity contribution in [3.05, 3.63) is 71.8 Å². The summed E-state index contributed by atoms with van der Waals surface area (Å²) in [6.07, 6.45) is -1.11. The topological polar surface area (TPSA) is 106 Å². The van der Waals surface area contributed by atoms with Crippen molar-refractivity contribution in [2.24, 2.45) is 5.73 Å². The number of amidine groups is 1. The van der Waals surface area contributed by atoms with E-state index in [-0.39, 0.29) is 17.1 Å². The van der Waals surface area contributed by atoms with Crippen LogP contribution in [0.2, 0.25) is 0 Å². The van der Waals surface area contributed by atoms with Crippen LogP contribution in [0.5, 0.6) is 5.75 Å². The van der Waals surface area contributed by atoms with Crippen LogP contribution < -0.4 is 15.4 Å². The molecule has 0 bridgehead atoms. The van der Waals surface area contributed by atoms with Crippen LogP contribution in [0.3, 0.4) is 0 Å². The molecule has 0 fully saturated rings. The van der Waals surface area contributed by atoms with Crippen LogP contribution in [0.25, 0.3) is 10.8 Å². The molecule has 28 heavy (non-hydrogen) atoms. The Morgan fingerprint density at radius 2 is 1.64 bits per heavy atom. The monoisotopic (exact) mass is 377 g/mol. The van der Waals surface area contributed by atoms with E-state index in [9.17, 15) is 9.59 Å². The summed E-state index contributed by atoms with van der Waals surface area (Å²) >= 11 is 0. The quantitative estimate of drug-likeness (QED) is 0.237. The van der Waals surface area contributed by atoms with Crippen molar-refractivity contribution in [3.63, 3.8) is 0 Å². The number of carbonyl (C=O) groups is 2. The number of hydrogen-bond donors (Lipinski definition) is 2. The molecule has 7 heteroatoms. The molecule has 0 spiro atoms. The summed E-state index contributed by atoms with van der Waals surface area (Å²) in [5, 5.41) is 9.11. The highest BCUT2D eigenvalue weighted by atomic mass is 16.7. The number of benzene rings is 3. The third kappa shape index (κ3) is 4.27. The second-order valence-corrected chi connectivity index (χ2v) is 6.32. The van der Waals surface area contributed by atoms with E-state index < -0.39 is 12.1 Å². The van der Waals surface area contributed by atoms with Crippen molar-refractivity contribution in [3.8, 4) is 5.75 Å². The molecule has 142 valence electrons. The van der Waals surface area contributed by atoms with Crippen LogP contribution in [0.15, 0.2) is 60.7 Å². The van der Waals surface area contributed by atoms with Crippen molar-refractivity contribution >= 4 is 34.4 Å². The van der Waals surface area contributed by atoms with E-state index >= 15 is 0 Å². The van der Waals surface area contributed by atoms with Gasteiger partial charge < -0.3 is 20.1 Å². The van der Waals surface area contributed by atoms with Gasteiger partial charge in [0.2, 0.25) is 0 Å². The lowest BCUT2D eigenvalue weighted by Gasteiger charge is -2.13. The van der Waals surface area contributed by atoms with Gasteiger partial charge in [-0.1, -0.05) is 24.3 Å². The van der Waals surface area contributed by atoms with E-state index in [4.69, 9.17) is 20.6 Å². The summed E-state index contributed by atoms with van der Waals surface area (Å²) in [6.45, 7) is 0. The van der Waals surface area contributed by atoms with Gasteiger partial charge in [0, 0.05) is 25.3 Å². The largest absolute Gasteiger partial charge is 0.521 e. The van der Waals surface area contributed by atoms with Crippen LogP contribution in [0.4, 0.5) is 10.5 Å². The van der Waals surface area contributed by atoms with Gasteiger partial charge in [0.25, 0.3) is 0 Å². The molecule has 0 atom stereocenters. The fraction of sp³-hybridized carbons (Fsp3) is 0.0952. The fourth-order valence-electron chi connectivity index (χ4n) is 2.62. The standard InChI is InChI=1S/C21H19N3O4/c1-24(2)17-5-3-4-16(11-17)20(25)28-21(26)27-18-9-8-13-10-15(19(22)23)7-6-14(13)12-18/h3-12H,1-2H3,(H3,22,23). The number of anilines is 1. The Labute approximate surface area is 161 Å². The number of hydrogen-bond acceptors (Lipinski definition) is 6. The molecule has 0 unspecified atom stereocenters. The second-order valence-electron chi connectivity index (χ2n) is 6.32. The molecule has 0 aromatic heterocycles. The van der Waals surface area contributed by atoms with Gasteiger partial charge in [0.15, 0.2) is 0 Å². The first-order chi connectivity index (χ1) is 13.3. The van der Waals surface area contributed by atoms with E-state index in [0.717, 1.165) is 16.5 Å². The second kappa shape index (κ2) is 7.79. The summed E-state index contributed by atoms with van der Waals surface area (Å²) in [4.78, 5) is 26.0. The third-order valence-corrected chi connectivity index (χ3v) is 4.10. The first kappa shape index (κ1) is 18.9. The molecule has 3 aromatic rings. The van der Waals surface area contributed by atoms with E-state index in [2.05, 4.69) is 0 Å². The lowest BCUT2D eigenvalue weighted by Crippen LogP contribution is -2.17. The van der Waals surface area contributed by atoms with E-state index in [1.165, 1.54) is 0 Å². The van der Waals surface area contributed by atoms with Gasteiger partial charge >= 0.3 is 12.1 Å². The molecule has 3 rings (SSSR count). The van der Waals surface area contributed by atoms with Gasteiger partial charge in [0.05, 0.1) is 5.56 Å². The zero-order chi connectivity index (χ0) is 20.3. The normalized spacial score (nSPS) is 10.4. The maximum absolute atomic E-state index is 12.2. The minimum atomic E-state index is -1.11. The van der Waals surface area contributed by atoms with Crippen molar-refractivity contribution in [1.29, 1.82) is 5.41 Å². The Balaban J connectivity index is 1.70. The number of nitrogens with two attached hydrogens (primary N) is 1. The summed E-state index contributed by atoms with van der Waals surface area (Å²) in [5.41, 5.74) is 7.14. The van der Waals surface area contributed by atoms with Gasteiger partial charge in [0.1, 0.15) is 11.6 Å². The van der Waals surface area contributed by atoms with Crippen LogP contribution in [0.1, 0.15) is 15.9 Å². The Morgan fingerprint density at radius 1 is 0.929 bits per heavy atom. The summed E-state index contributed by atoms with van der Waals surface area (Å²) in [7, 11) is 3.69. The predicted octanol–water partition coefficient (Wildman–Crippen LogP) is 3.55. The highest BCUT2D eigenvalue weighted by molar-refractivity contribution is 5.99. The minimum absolute atomic E-state index is 0.0253. The van der Waals surface area contributed by atoms with Gasteiger partial charge in [-0.15, -0.1) is 0 Å². The van der Waals surface area contributed by atoms with E-state index in [1.807, 2.05) is 25.1 Å². The molecule has 3 aromatic carbocycles. The molecule has 0 heterocycles. The Morgan fingerprint density at radius 3 is 2.36 bits per heavy atom. The number of fused-ring (bicyclic) bond motifs is 1. The van der Waals surface area contributed by atoms with Crippen molar-refractivity contribution in [2.75, 3.05) is 19.0 Å². The first-order valence-electron chi connectivity index (χ1n) is 8.43. The number of nitrogens with one attached hydrogen (secondary N) is 1. The van der Waals surface area contributed by atoms with Crippen LogP contribution in [-0.2, 0) is 4.74 Å². The molecular formula is C21H19N3O4. The molecule has 0 aliphatic carbocycles. The molecule has 3 N–H and O–H groups in total. The molecule has 7 nitrogen and oxygen atoms in total. The zero-order valence-corrected chi connectivity index (χ0v) is 15.4. The average Bonchev–Trinajstić information content (AvgIpc) is 2.67. The molecule has 0 radical (unpaired) electrons. The van der Waals surface area contributed by atoms with E-state index in [1.54, 1.807) is 54.6 Å². The molecule has 0 saturated carbocycles. The van der Waals surface area contributed by atoms with Gasteiger partial charge in [-0.05, 0) is 47.2 Å². The number of ether oxygens (including phenoxy) is 2. The van der Waals surface area contributed by atoms with Crippen LogP contribution >= 0.6 is 0 Å². The Hall–Kier alpha value is -3.87. The number of nitrogens with zero attached hydrogens (tertiary/aromatic N) is 1. The van der Waals surface area contributed by atoms with Crippen molar-refractivity contribution < 1.29 is 19.1 Å². The first-order valence-corrected chi connectivity index (χ1v) is 8.43. The molecule has 0 amide bonds. The third-order valence-electron chi connectivity index (χ3n) is 4.10. The maximum atomic E-state index is 12.2. The number of nitrogen functional groups attached to an aromatic ring is 1. The summed E-state index contributed by atoms with van der Waals surface area (Å²) in [6, 6.07) is 16.9. The summed E-state index contributed by atoms with van der Waals surface area (Å²) in [5.74, 6) is -0.578. The van der Waals surface area contributed by atoms with Gasteiger partial charge in [-0.2, -0.15) is 0 Å². The lowest BCUT2D eigenvalue weighted by molar-refractivity contribution is 0.0530. The smallest absolute Gasteiger partial charge is 0.395 e. The van der Waals surface area contributed by atoms with Gasteiger partial charge in [-0.25, -0.2) is 9.59 Å². The predicted molar refractivity (Wildman–Crippen MR) is 107 cm³/mol. The highest BCUT2D eigenvalue weighted by Gasteiger charge is 2.16. The van der Waals surface area contributed by atoms with E-state index in [0.29, 0.717) is 5.56 Å². The lowest BCUT2D eigenvalue weighted by atomic mass is 10.1.